The highest BCUT2D eigenvalue weighted by molar-refractivity contribution is 5.78. The minimum absolute atomic E-state index is 0.0248. The molecule has 1 atom stereocenters. The van der Waals surface area contributed by atoms with Gasteiger partial charge in [0, 0.05) is 0 Å². The summed E-state index contributed by atoms with van der Waals surface area (Å²) in [5, 5.41) is 2.29. The minimum atomic E-state index is -0.952. The summed E-state index contributed by atoms with van der Waals surface area (Å²) < 4.78 is 11.3. The molecule has 0 saturated carbocycles. The average Bonchev–Trinajstić information content (AvgIpc) is 2.16. The number of methoxy groups -OCH3 is 1. The van der Waals surface area contributed by atoms with Gasteiger partial charge in [-0.05, 0) is 5.92 Å². The molecule has 0 aromatic carbocycles. The van der Waals surface area contributed by atoms with E-state index in [1.807, 2.05) is 13.8 Å². The largest absolute Gasteiger partial charge is 0.467 e. The van der Waals surface area contributed by atoms with E-state index in [2.05, 4.69) is 10.1 Å². The first-order valence-electron chi connectivity index (χ1n) is 4.91. The fourth-order valence-corrected chi connectivity index (χ4v) is 1.32. The summed E-state index contributed by atoms with van der Waals surface area (Å²) in [6, 6.07) is -0.694. The molecule has 0 aromatic heterocycles. The van der Waals surface area contributed by atoms with E-state index in [4.69, 9.17) is 1.37 Å². The van der Waals surface area contributed by atoms with Crippen LogP contribution in [0.4, 0.5) is 0 Å². The lowest BCUT2D eigenvalue weighted by atomic mass is 9.94. The standard InChI is InChI=1S/C9H17NO3/c1-4-7(5-2)8(10-6-11)9(12)13-3/h6-8H,4-5H2,1-3H3,(H,10,11)/t8-/m0/s1/i6D. The van der Waals surface area contributed by atoms with Gasteiger partial charge < -0.3 is 10.1 Å². The summed E-state index contributed by atoms with van der Waals surface area (Å²) in [6.45, 7) is 3.86. The van der Waals surface area contributed by atoms with Gasteiger partial charge in [0.2, 0.25) is 6.39 Å². The van der Waals surface area contributed by atoms with Crippen LogP contribution in [0.25, 0.3) is 0 Å². The van der Waals surface area contributed by atoms with Crippen molar-refractivity contribution in [2.45, 2.75) is 32.7 Å². The number of ether oxygens (including phenoxy) is 1. The summed E-state index contributed by atoms with van der Waals surface area (Å²) in [5.41, 5.74) is 0. The second-order valence-corrected chi connectivity index (χ2v) is 2.82. The number of carbonyl (C=O) groups excluding carboxylic acids is 2. The molecule has 0 aromatic rings. The molecule has 1 amide bonds. The van der Waals surface area contributed by atoms with Crippen LogP contribution < -0.4 is 5.32 Å². The molecule has 0 aliphatic heterocycles. The topological polar surface area (TPSA) is 55.4 Å². The van der Waals surface area contributed by atoms with Crippen LogP contribution in [0.5, 0.6) is 0 Å². The van der Waals surface area contributed by atoms with Crippen LogP contribution in [0.1, 0.15) is 28.1 Å². The van der Waals surface area contributed by atoms with Gasteiger partial charge in [0.15, 0.2) is 0 Å². The van der Waals surface area contributed by atoms with E-state index in [0.29, 0.717) is 0 Å². The van der Waals surface area contributed by atoms with Crippen LogP contribution >= 0.6 is 0 Å². The quantitative estimate of drug-likeness (QED) is 0.510. The number of hydrogen-bond donors (Lipinski definition) is 1. The normalized spacial score (nSPS) is 13.4. The fraction of sp³-hybridized carbons (Fsp3) is 0.778. The van der Waals surface area contributed by atoms with Gasteiger partial charge in [-0.3, -0.25) is 4.79 Å². The SMILES string of the molecule is [2H]C(=O)N[C@H](C(=O)OC)C(CC)CC. The average molecular weight is 188 g/mol. The Morgan fingerprint density at radius 1 is 1.62 bits per heavy atom. The number of amides is 1. The molecule has 0 aliphatic carbocycles. The van der Waals surface area contributed by atoms with E-state index >= 15 is 0 Å². The molecule has 4 heteroatoms. The van der Waals surface area contributed by atoms with Gasteiger partial charge in [0.25, 0.3) is 0 Å². The van der Waals surface area contributed by atoms with Gasteiger partial charge in [0.1, 0.15) is 7.41 Å². The maximum absolute atomic E-state index is 11.3. The van der Waals surface area contributed by atoms with Crippen molar-refractivity contribution in [3.8, 4) is 0 Å². The van der Waals surface area contributed by atoms with E-state index in [1.165, 1.54) is 7.11 Å². The van der Waals surface area contributed by atoms with Crippen LogP contribution in [0.2, 0.25) is 0 Å². The van der Waals surface area contributed by atoms with Crippen molar-refractivity contribution in [2.24, 2.45) is 5.92 Å². The van der Waals surface area contributed by atoms with Crippen molar-refractivity contribution in [3.63, 3.8) is 0 Å². The van der Waals surface area contributed by atoms with E-state index in [-0.39, 0.29) is 5.92 Å². The van der Waals surface area contributed by atoms with Gasteiger partial charge in [-0.15, -0.1) is 0 Å². The van der Waals surface area contributed by atoms with Gasteiger partial charge in [-0.25, -0.2) is 4.79 Å². The third-order valence-corrected chi connectivity index (χ3v) is 2.19. The second-order valence-electron chi connectivity index (χ2n) is 2.82. The third kappa shape index (κ3) is 3.44. The molecule has 0 radical (unpaired) electrons. The smallest absolute Gasteiger partial charge is 0.328 e. The highest BCUT2D eigenvalue weighted by Gasteiger charge is 2.25. The number of esters is 1. The minimum Gasteiger partial charge on any atom is -0.467 e. The Morgan fingerprint density at radius 2 is 2.15 bits per heavy atom. The molecule has 0 aliphatic rings. The van der Waals surface area contributed by atoms with Gasteiger partial charge in [0.05, 0.1) is 7.11 Å². The molecule has 0 heterocycles. The summed E-state index contributed by atoms with van der Waals surface area (Å²) in [6.07, 6.45) is 0.569. The molecule has 0 bridgehead atoms. The molecule has 0 rings (SSSR count). The first kappa shape index (κ1) is 10.0. The van der Waals surface area contributed by atoms with Crippen LogP contribution in [-0.4, -0.2) is 25.5 Å². The first-order chi connectivity index (χ1) is 6.56. The Hall–Kier alpha value is -1.06. The first-order valence-corrected chi connectivity index (χ1v) is 4.41. The van der Waals surface area contributed by atoms with Crippen molar-refractivity contribution in [3.05, 3.63) is 0 Å². The zero-order valence-corrected chi connectivity index (χ0v) is 8.29. The van der Waals surface area contributed by atoms with E-state index < -0.39 is 18.4 Å². The van der Waals surface area contributed by atoms with Crippen LogP contribution in [0, 0.1) is 5.92 Å². The number of carbonyl (C=O) groups is 2. The predicted molar refractivity (Wildman–Crippen MR) is 49.1 cm³/mol. The Balaban J connectivity index is 4.51. The van der Waals surface area contributed by atoms with Gasteiger partial charge in [-0.1, -0.05) is 26.7 Å². The molecular weight excluding hydrogens is 170 g/mol. The molecule has 1 N–H and O–H groups in total. The zero-order chi connectivity index (χ0) is 11.1. The highest BCUT2D eigenvalue weighted by Crippen LogP contribution is 2.13. The predicted octanol–water partition coefficient (Wildman–Crippen LogP) is 0.710. The van der Waals surface area contributed by atoms with Crippen LogP contribution in [-0.2, 0) is 14.3 Å². The molecule has 0 fully saturated rings. The summed E-state index contributed by atoms with van der Waals surface area (Å²) in [5.74, 6) is -0.462. The van der Waals surface area contributed by atoms with E-state index in [1.54, 1.807) is 0 Å². The summed E-state index contributed by atoms with van der Waals surface area (Å²) >= 11 is 0. The fourth-order valence-electron chi connectivity index (χ4n) is 1.32. The van der Waals surface area contributed by atoms with Crippen LogP contribution in [0.15, 0.2) is 0 Å². The number of nitrogens with one attached hydrogen (secondary N) is 1. The van der Waals surface area contributed by atoms with Gasteiger partial charge >= 0.3 is 5.97 Å². The molecule has 4 nitrogen and oxygen atoms in total. The molecule has 0 saturated heterocycles. The van der Waals surface area contributed by atoms with Crippen molar-refractivity contribution < 1.29 is 15.7 Å². The monoisotopic (exact) mass is 188 g/mol. The Kier molecular flexibility index (Phi) is 4.98. The van der Waals surface area contributed by atoms with Crippen molar-refractivity contribution in [2.75, 3.05) is 7.11 Å². The summed E-state index contributed by atoms with van der Waals surface area (Å²) in [4.78, 5) is 21.8. The summed E-state index contributed by atoms with van der Waals surface area (Å²) in [7, 11) is 1.27. The lowest BCUT2D eigenvalue weighted by Gasteiger charge is -2.21. The zero-order valence-electron chi connectivity index (χ0n) is 9.29. The maximum atomic E-state index is 11.3. The molecule has 0 unspecified atom stereocenters. The lowest BCUT2D eigenvalue weighted by molar-refractivity contribution is -0.145. The molecule has 13 heavy (non-hydrogen) atoms. The maximum Gasteiger partial charge on any atom is 0.328 e. The Morgan fingerprint density at radius 3 is 2.46 bits per heavy atom. The molecule has 76 valence electrons. The second kappa shape index (κ2) is 6.46. The number of rotatable bonds is 5. The Bertz CT molecular complexity index is 204. The van der Waals surface area contributed by atoms with Gasteiger partial charge in [-0.2, -0.15) is 0 Å². The van der Waals surface area contributed by atoms with Crippen molar-refractivity contribution in [1.29, 1.82) is 0 Å². The van der Waals surface area contributed by atoms with E-state index in [9.17, 15) is 9.59 Å². The van der Waals surface area contributed by atoms with Crippen LogP contribution in [0.3, 0.4) is 0 Å². The van der Waals surface area contributed by atoms with Crippen molar-refractivity contribution in [1.82, 2.24) is 5.32 Å². The van der Waals surface area contributed by atoms with Crippen molar-refractivity contribution >= 4 is 12.4 Å². The Labute approximate surface area is 80.1 Å². The number of hydrogen-bond acceptors (Lipinski definition) is 3. The highest BCUT2D eigenvalue weighted by atomic mass is 16.5. The molecule has 0 spiro atoms. The van der Waals surface area contributed by atoms with E-state index in [0.717, 1.165) is 12.8 Å². The third-order valence-electron chi connectivity index (χ3n) is 2.19. The molecular formula is C9H17NO3. The lowest BCUT2D eigenvalue weighted by Crippen LogP contribution is -2.42.